The predicted octanol–water partition coefficient (Wildman–Crippen LogP) is 3.21. The van der Waals surface area contributed by atoms with E-state index < -0.39 is 5.97 Å². The Balaban J connectivity index is 1.94. The molecule has 2 heterocycles. The van der Waals surface area contributed by atoms with Crippen LogP contribution in [-0.4, -0.2) is 38.8 Å². The Bertz CT molecular complexity index is 1010. The topological polar surface area (TPSA) is 72.6 Å². The molecule has 1 aliphatic heterocycles. The van der Waals surface area contributed by atoms with Crippen molar-refractivity contribution in [3.63, 3.8) is 0 Å². The molecule has 2 N–H and O–H groups in total. The van der Waals surface area contributed by atoms with E-state index in [1.54, 1.807) is 7.11 Å². The lowest BCUT2D eigenvalue weighted by Crippen LogP contribution is -2.31. The average molecular weight is 366 g/mol. The van der Waals surface area contributed by atoms with Gasteiger partial charge < -0.3 is 24.5 Å². The summed E-state index contributed by atoms with van der Waals surface area (Å²) in [7, 11) is 4.44. The quantitative estimate of drug-likeness (QED) is 0.694. The number of esters is 1. The second-order valence-corrected chi connectivity index (χ2v) is 6.46. The number of methoxy groups -OCH3 is 3. The molecular weight excluding hydrogens is 344 g/mol. The molecule has 0 radical (unpaired) electrons. The molecule has 0 amide bonds. The molecule has 1 atom stereocenters. The Hall–Kier alpha value is -2.99. The fourth-order valence-electron chi connectivity index (χ4n) is 3.94. The third-order valence-electron chi connectivity index (χ3n) is 5.14. The van der Waals surface area contributed by atoms with Gasteiger partial charge in [0.05, 0.1) is 27.4 Å². The van der Waals surface area contributed by atoms with Crippen molar-refractivity contribution in [2.45, 2.75) is 12.5 Å². The van der Waals surface area contributed by atoms with E-state index in [0.717, 1.165) is 29.7 Å². The third kappa shape index (κ3) is 2.73. The van der Waals surface area contributed by atoms with Gasteiger partial charge in [-0.25, -0.2) is 4.79 Å². The summed E-state index contributed by atoms with van der Waals surface area (Å²) in [5.74, 6) is 0.423. The van der Waals surface area contributed by atoms with E-state index in [9.17, 15) is 4.79 Å². The summed E-state index contributed by atoms with van der Waals surface area (Å²) >= 11 is 0. The zero-order chi connectivity index (χ0) is 19.0. The van der Waals surface area contributed by atoms with E-state index in [-0.39, 0.29) is 6.04 Å². The summed E-state index contributed by atoms with van der Waals surface area (Å²) in [6.07, 6.45) is 0.927. The summed E-state index contributed by atoms with van der Waals surface area (Å²) in [4.78, 5) is 16.1. The molecule has 0 saturated heterocycles. The minimum Gasteiger partial charge on any atom is -0.493 e. The molecule has 4 rings (SSSR count). The lowest BCUT2D eigenvalue weighted by molar-refractivity contribution is 0.0594. The molecule has 6 nitrogen and oxygen atoms in total. The zero-order valence-electron chi connectivity index (χ0n) is 15.6. The van der Waals surface area contributed by atoms with Crippen molar-refractivity contribution in [1.82, 2.24) is 10.3 Å². The highest BCUT2D eigenvalue weighted by atomic mass is 16.5. The van der Waals surface area contributed by atoms with Crippen LogP contribution in [0, 0.1) is 0 Å². The van der Waals surface area contributed by atoms with Crippen LogP contribution in [0.3, 0.4) is 0 Å². The van der Waals surface area contributed by atoms with Crippen molar-refractivity contribution in [2.75, 3.05) is 27.9 Å². The fourth-order valence-corrected chi connectivity index (χ4v) is 3.94. The number of hydrogen-bond acceptors (Lipinski definition) is 5. The normalized spacial score (nSPS) is 16.0. The monoisotopic (exact) mass is 366 g/mol. The first-order valence-corrected chi connectivity index (χ1v) is 8.85. The van der Waals surface area contributed by atoms with E-state index in [1.807, 2.05) is 24.3 Å². The van der Waals surface area contributed by atoms with Crippen molar-refractivity contribution in [1.29, 1.82) is 0 Å². The number of H-pyrrole nitrogens is 1. The molecule has 0 aliphatic carbocycles. The van der Waals surface area contributed by atoms with Gasteiger partial charge >= 0.3 is 5.97 Å². The first-order valence-electron chi connectivity index (χ1n) is 8.85. The average Bonchev–Trinajstić information content (AvgIpc) is 3.10. The van der Waals surface area contributed by atoms with Crippen molar-refractivity contribution in [3.8, 4) is 11.5 Å². The maximum absolute atomic E-state index is 12.6. The Kier molecular flexibility index (Phi) is 4.49. The maximum Gasteiger partial charge on any atom is 0.342 e. The van der Waals surface area contributed by atoms with Crippen molar-refractivity contribution >= 4 is 16.9 Å². The van der Waals surface area contributed by atoms with Crippen LogP contribution in [0.25, 0.3) is 10.9 Å². The second-order valence-electron chi connectivity index (χ2n) is 6.46. The van der Waals surface area contributed by atoms with E-state index in [2.05, 4.69) is 22.4 Å². The molecule has 6 heteroatoms. The van der Waals surface area contributed by atoms with Crippen molar-refractivity contribution < 1.29 is 19.0 Å². The van der Waals surface area contributed by atoms with E-state index in [4.69, 9.17) is 14.2 Å². The summed E-state index contributed by atoms with van der Waals surface area (Å²) in [6.45, 7) is 0.814. The van der Waals surface area contributed by atoms with Crippen LogP contribution in [-0.2, 0) is 11.2 Å². The number of hydrogen-bond donors (Lipinski definition) is 2. The molecule has 0 bridgehead atoms. The molecule has 1 aromatic heterocycles. The van der Waals surface area contributed by atoms with Crippen LogP contribution in [0.4, 0.5) is 0 Å². The molecule has 3 aromatic rings. The van der Waals surface area contributed by atoms with Crippen LogP contribution < -0.4 is 14.8 Å². The number of aromatic amines is 1. The highest BCUT2D eigenvalue weighted by molar-refractivity contribution is 5.96. The van der Waals surface area contributed by atoms with E-state index in [0.29, 0.717) is 17.1 Å². The van der Waals surface area contributed by atoms with Gasteiger partial charge in [-0.1, -0.05) is 24.3 Å². The highest BCUT2D eigenvalue weighted by Gasteiger charge is 2.31. The summed E-state index contributed by atoms with van der Waals surface area (Å²) in [5.41, 5.74) is 4.62. The Morgan fingerprint density at radius 1 is 1.07 bits per heavy atom. The van der Waals surface area contributed by atoms with Gasteiger partial charge in [-0.3, -0.25) is 0 Å². The number of rotatable bonds is 4. The molecule has 1 aliphatic rings. The third-order valence-corrected chi connectivity index (χ3v) is 5.14. The SMILES string of the molecule is COC(=O)c1c([C@H]2NCCc3c2[nH]c2ccccc32)ccc(OC)c1OC. The van der Waals surface area contributed by atoms with Crippen LogP contribution in [0.2, 0.25) is 0 Å². The smallest absolute Gasteiger partial charge is 0.342 e. The number of para-hydroxylation sites is 1. The number of nitrogens with one attached hydrogen (secondary N) is 2. The summed E-state index contributed by atoms with van der Waals surface area (Å²) < 4.78 is 15.9. The number of carbonyl (C=O) groups is 1. The molecule has 27 heavy (non-hydrogen) atoms. The summed E-state index contributed by atoms with van der Waals surface area (Å²) in [6, 6.07) is 11.8. The van der Waals surface area contributed by atoms with Crippen LogP contribution in [0.15, 0.2) is 36.4 Å². The first-order chi connectivity index (χ1) is 13.2. The standard InChI is InChI=1S/C21H22N2O4/c1-25-16-9-8-14(17(20(16)26-2)21(24)27-3)18-19-13(10-11-22-18)12-6-4-5-7-15(12)23-19/h4-9,18,22-23H,10-11H2,1-3H3/t18-/m1/s1. The first kappa shape index (κ1) is 17.4. The molecule has 0 spiro atoms. The fraction of sp³-hybridized carbons (Fsp3) is 0.286. The molecule has 0 unspecified atom stereocenters. The Morgan fingerprint density at radius 3 is 2.63 bits per heavy atom. The van der Waals surface area contributed by atoms with Crippen LogP contribution >= 0.6 is 0 Å². The predicted molar refractivity (Wildman–Crippen MR) is 103 cm³/mol. The lowest BCUT2D eigenvalue weighted by atomic mass is 9.91. The van der Waals surface area contributed by atoms with Gasteiger partial charge in [0, 0.05) is 23.1 Å². The molecule has 140 valence electrons. The zero-order valence-corrected chi connectivity index (χ0v) is 15.6. The van der Waals surface area contributed by atoms with Gasteiger partial charge in [0.2, 0.25) is 0 Å². The highest BCUT2D eigenvalue weighted by Crippen LogP contribution is 2.40. The van der Waals surface area contributed by atoms with Crippen molar-refractivity contribution in [3.05, 3.63) is 58.8 Å². The van der Waals surface area contributed by atoms with Gasteiger partial charge in [0.25, 0.3) is 0 Å². The van der Waals surface area contributed by atoms with E-state index >= 15 is 0 Å². The number of carbonyl (C=O) groups excluding carboxylic acids is 1. The minimum atomic E-state index is -0.453. The van der Waals surface area contributed by atoms with Gasteiger partial charge in [-0.05, 0) is 29.7 Å². The van der Waals surface area contributed by atoms with Gasteiger partial charge in [-0.15, -0.1) is 0 Å². The minimum absolute atomic E-state index is 0.171. The molecular formula is C21H22N2O4. The summed E-state index contributed by atoms with van der Waals surface area (Å²) in [5, 5.41) is 4.75. The van der Waals surface area contributed by atoms with Gasteiger partial charge in [0.15, 0.2) is 11.5 Å². The van der Waals surface area contributed by atoms with Crippen LogP contribution in [0.5, 0.6) is 11.5 Å². The molecule has 0 fully saturated rings. The number of aromatic nitrogens is 1. The van der Waals surface area contributed by atoms with Gasteiger partial charge in [-0.2, -0.15) is 0 Å². The lowest BCUT2D eigenvalue weighted by Gasteiger charge is -2.27. The Labute approximate surface area is 157 Å². The van der Waals surface area contributed by atoms with E-state index in [1.165, 1.54) is 25.2 Å². The number of fused-ring (bicyclic) bond motifs is 3. The Morgan fingerprint density at radius 2 is 1.89 bits per heavy atom. The van der Waals surface area contributed by atoms with Gasteiger partial charge in [0.1, 0.15) is 5.56 Å². The second kappa shape index (κ2) is 6.96. The maximum atomic E-state index is 12.6. The largest absolute Gasteiger partial charge is 0.493 e. The van der Waals surface area contributed by atoms with Crippen LogP contribution in [0.1, 0.15) is 33.2 Å². The molecule has 0 saturated carbocycles. The number of benzene rings is 2. The number of ether oxygens (including phenoxy) is 3. The van der Waals surface area contributed by atoms with Crippen molar-refractivity contribution in [2.24, 2.45) is 0 Å². The molecule has 2 aromatic carbocycles.